The lowest BCUT2D eigenvalue weighted by Crippen LogP contribution is -2.32. The van der Waals surface area contributed by atoms with Crippen LogP contribution in [0.5, 0.6) is 0 Å². The number of amides is 1. The summed E-state index contributed by atoms with van der Waals surface area (Å²) >= 11 is 0. The fraction of sp³-hybridized carbons (Fsp3) is 0.188. The van der Waals surface area contributed by atoms with Crippen molar-refractivity contribution in [3.8, 4) is 0 Å². The molecule has 110 valence electrons. The van der Waals surface area contributed by atoms with Crippen molar-refractivity contribution < 1.29 is 14.3 Å². The molecule has 1 unspecified atom stereocenters. The number of rotatable bonds is 6. The predicted molar refractivity (Wildman–Crippen MR) is 79.3 cm³/mol. The lowest BCUT2D eigenvalue weighted by atomic mass is 10.1. The van der Waals surface area contributed by atoms with Gasteiger partial charge in [0.25, 0.3) is 0 Å². The van der Waals surface area contributed by atoms with E-state index < -0.39 is 0 Å². The van der Waals surface area contributed by atoms with Crippen molar-refractivity contribution in [1.82, 2.24) is 5.32 Å². The van der Waals surface area contributed by atoms with Crippen LogP contribution < -0.4 is 10.6 Å². The number of carbonyl (C=O) groups is 1. The number of benzene rings is 2. The molecule has 2 aromatic rings. The molecule has 0 saturated carbocycles. The normalized spacial score (nSPS) is 11.9. The molecular formula is C16H17FN2O2. The standard InChI is InChI=1S/C16H17FN2O2/c17-13-6-8-14(9-7-13)19-16(21)10-18-15(11-20)12-4-2-1-3-5-12/h1-9,15,18,20H,10-11H2,(H,19,21). The Hall–Kier alpha value is -2.24. The Bertz CT molecular complexity index is 573. The highest BCUT2D eigenvalue weighted by Gasteiger charge is 2.11. The van der Waals surface area contributed by atoms with Gasteiger partial charge in [0.05, 0.1) is 19.2 Å². The molecule has 0 fully saturated rings. The van der Waals surface area contributed by atoms with Crippen molar-refractivity contribution in [2.75, 3.05) is 18.5 Å². The van der Waals surface area contributed by atoms with E-state index in [2.05, 4.69) is 10.6 Å². The smallest absolute Gasteiger partial charge is 0.238 e. The van der Waals surface area contributed by atoms with Crippen LogP contribution in [0.15, 0.2) is 54.6 Å². The molecule has 0 saturated heterocycles. The summed E-state index contributed by atoms with van der Waals surface area (Å²) in [5, 5.41) is 15.0. The lowest BCUT2D eigenvalue weighted by Gasteiger charge is -2.16. The quantitative estimate of drug-likeness (QED) is 0.762. The van der Waals surface area contributed by atoms with Crippen LogP contribution in [0, 0.1) is 5.82 Å². The Balaban J connectivity index is 1.86. The number of aliphatic hydroxyl groups excluding tert-OH is 1. The Morgan fingerprint density at radius 1 is 1.10 bits per heavy atom. The maximum Gasteiger partial charge on any atom is 0.238 e. The number of nitrogens with one attached hydrogen (secondary N) is 2. The second-order valence-electron chi connectivity index (χ2n) is 4.58. The third-order valence-electron chi connectivity index (χ3n) is 3.02. The third-order valence-corrected chi connectivity index (χ3v) is 3.02. The second kappa shape index (κ2) is 7.52. The average molecular weight is 288 g/mol. The first kappa shape index (κ1) is 15.2. The third kappa shape index (κ3) is 4.66. The average Bonchev–Trinajstić information content (AvgIpc) is 2.51. The van der Waals surface area contributed by atoms with Gasteiger partial charge in [-0.25, -0.2) is 4.39 Å². The van der Waals surface area contributed by atoms with E-state index in [9.17, 15) is 14.3 Å². The van der Waals surface area contributed by atoms with Crippen LogP contribution >= 0.6 is 0 Å². The highest BCUT2D eigenvalue weighted by Crippen LogP contribution is 2.11. The van der Waals surface area contributed by atoms with Crippen LogP contribution in [0.4, 0.5) is 10.1 Å². The number of anilines is 1. The van der Waals surface area contributed by atoms with E-state index in [4.69, 9.17) is 0 Å². The molecule has 2 rings (SSSR count). The van der Waals surface area contributed by atoms with E-state index in [1.807, 2.05) is 30.3 Å². The van der Waals surface area contributed by atoms with Gasteiger partial charge in [0.2, 0.25) is 5.91 Å². The van der Waals surface area contributed by atoms with Gasteiger partial charge in [-0.15, -0.1) is 0 Å². The predicted octanol–water partition coefficient (Wildman–Crippen LogP) is 2.09. The van der Waals surface area contributed by atoms with Gasteiger partial charge >= 0.3 is 0 Å². The maximum absolute atomic E-state index is 12.8. The lowest BCUT2D eigenvalue weighted by molar-refractivity contribution is -0.115. The number of hydrogen-bond acceptors (Lipinski definition) is 3. The molecule has 4 nitrogen and oxygen atoms in total. The molecule has 0 bridgehead atoms. The molecular weight excluding hydrogens is 271 g/mol. The molecule has 0 aromatic heterocycles. The summed E-state index contributed by atoms with van der Waals surface area (Å²) in [6.45, 7) is -0.0503. The molecule has 21 heavy (non-hydrogen) atoms. The van der Waals surface area contributed by atoms with Gasteiger partial charge < -0.3 is 10.4 Å². The van der Waals surface area contributed by atoms with E-state index in [0.29, 0.717) is 5.69 Å². The zero-order valence-electron chi connectivity index (χ0n) is 11.4. The molecule has 0 aliphatic carbocycles. The zero-order valence-corrected chi connectivity index (χ0v) is 11.4. The van der Waals surface area contributed by atoms with Gasteiger partial charge in [0.15, 0.2) is 0 Å². The number of hydrogen-bond donors (Lipinski definition) is 3. The molecule has 1 amide bonds. The molecule has 2 aromatic carbocycles. The van der Waals surface area contributed by atoms with E-state index in [1.54, 1.807) is 0 Å². The topological polar surface area (TPSA) is 61.4 Å². The Kier molecular flexibility index (Phi) is 5.43. The van der Waals surface area contributed by atoms with Crippen LogP contribution in [0.3, 0.4) is 0 Å². The maximum atomic E-state index is 12.8. The van der Waals surface area contributed by atoms with Gasteiger partial charge in [-0.2, -0.15) is 0 Å². The van der Waals surface area contributed by atoms with Gasteiger partial charge in [0, 0.05) is 5.69 Å². The fourth-order valence-electron chi connectivity index (χ4n) is 1.93. The number of carbonyl (C=O) groups excluding carboxylic acids is 1. The van der Waals surface area contributed by atoms with Gasteiger partial charge in [-0.1, -0.05) is 30.3 Å². The molecule has 0 aliphatic heterocycles. The number of aliphatic hydroxyl groups is 1. The minimum absolute atomic E-state index is 0.0531. The summed E-state index contributed by atoms with van der Waals surface area (Å²) in [6.07, 6.45) is 0. The van der Waals surface area contributed by atoms with Gasteiger partial charge in [-0.3, -0.25) is 10.1 Å². The van der Waals surface area contributed by atoms with E-state index in [1.165, 1.54) is 24.3 Å². The molecule has 5 heteroatoms. The molecule has 1 atom stereocenters. The minimum Gasteiger partial charge on any atom is -0.394 e. The van der Waals surface area contributed by atoms with Gasteiger partial charge in [0.1, 0.15) is 5.82 Å². The highest BCUT2D eigenvalue weighted by atomic mass is 19.1. The van der Waals surface area contributed by atoms with Crippen LogP contribution in [0.1, 0.15) is 11.6 Å². The Labute approximate surface area is 122 Å². The summed E-state index contributed by atoms with van der Waals surface area (Å²) in [4.78, 5) is 11.8. The summed E-state index contributed by atoms with van der Waals surface area (Å²) in [7, 11) is 0. The highest BCUT2D eigenvalue weighted by molar-refractivity contribution is 5.92. The van der Waals surface area contributed by atoms with Gasteiger partial charge in [-0.05, 0) is 29.8 Å². The molecule has 0 spiro atoms. The van der Waals surface area contributed by atoms with Crippen LogP contribution in [-0.2, 0) is 4.79 Å². The van der Waals surface area contributed by atoms with Crippen LogP contribution in [-0.4, -0.2) is 24.2 Å². The molecule has 0 heterocycles. The van der Waals surface area contributed by atoms with E-state index in [0.717, 1.165) is 5.56 Å². The first-order valence-electron chi connectivity index (χ1n) is 6.63. The Morgan fingerprint density at radius 2 is 1.76 bits per heavy atom. The van der Waals surface area contributed by atoms with E-state index >= 15 is 0 Å². The zero-order chi connectivity index (χ0) is 15.1. The first-order valence-corrected chi connectivity index (χ1v) is 6.63. The summed E-state index contributed by atoms with van der Waals surface area (Å²) in [6, 6.07) is 14.6. The van der Waals surface area contributed by atoms with Crippen LogP contribution in [0.2, 0.25) is 0 Å². The summed E-state index contributed by atoms with van der Waals surface area (Å²) in [5.41, 5.74) is 1.44. The molecule has 3 N–H and O–H groups in total. The monoisotopic (exact) mass is 288 g/mol. The number of halogens is 1. The van der Waals surface area contributed by atoms with E-state index in [-0.39, 0.29) is 30.9 Å². The fourth-order valence-corrected chi connectivity index (χ4v) is 1.93. The van der Waals surface area contributed by atoms with Crippen LogP contribution in [0.25, 0.3) is 0 Å². The Morgan fingerprint density at radius 3 is 2.38 bits per heavy atom. The second-order valence-corrected chi connectivity index (χ2v) is 4.58. The largest absolute Gasteiger partial charge is 0.394 e. The van der Waals surface area contributed by atoms with Crippen molar-refractivity contribution in [1.29, 1.82) is 0 Å². The van der Waals surface area contributed by atoms with Crippen molar-refractivity contribution >= 4 is 11.6 Å². The minimum atomic E-state index is -0.351. The van der Waals surface area contributed by atoms with Crippen molar-refractivity contribution in [2.24, 2.45) is 0 Å². The van der Waals surface area contributed by atoms with Crippen molar-refractivity contribution in [3.63, 3.8) is 0 Å². The molecule has 0 aliphatic rings. The first-order chi connectivity index (χ1) is 10.2. The van der Waals surface area contributed by atoms with Crippen molar-refractivity contribution in [2.45, 2.75) is 6.04 Å². The summed E-state index contributed by atoms with van der Waals surface area (Å²) < 4.78 is 12.8. The summed E-state index contributed by atoms with van der Waals surface area (Å²) in [5.74, 6) is -0.605. The SMILES string of the molecule is O=C(CNC(CO)c1ccccc1)Nc1ccc(F)cc1. The molecule has 0 radical (unpaired) electrons. The van der Waals surface area contributed by atoms with Crippen molar-refractivity contribution in [3.05, 3.63) is 66.0 Å².